The number of carbonyl (C=O) groups excluding carboxylic acids is 3. The molecule has 0 saturated heterocycles. The molecule has 0 aromatic heterocycles. The fourth-order valence-electron chi connectivity index (χ4n) is 4.11. The lowest BCUT2D eigenvalue weighted by Crippen LogP contribution is -2.37. The fourth-order valence-corrected chi connectivity index (χ4v) is 4.11. The molecule has 29 heavy (non-hydrogen) atoms. The first-order valence-corrected chi connectivity index (χ1v) is 8.82. The number of nitrogens with one attached hydrogen (secondary N) is 1. The quantitative estimate of drug-likeness (QED) is 0.477. The summed E-state index contributed by atoms with van der Waals surface area (Å²) in [5.41, 5.74) is 0.914. The smallest absolute Gasteiger partial charge is 0.337 e. The molecule has 1 unspecified atom stereocenters. The van der Waals surface area contributed by atoms with Crippen molar-refractivity contribution in [2.75, 3.05) is 6.61 Å². The van der Waals surface area contributed by atoms with E-state index in [0.29, 0.717) is 5.70 Å². The molecule has 142 valence electrons. The van der Waals surface area contributed by atoms with Crippen LogP contribution in [0.4, 0.5) is 5.69 Å². The number of hydrogen-bond acceptors (Lipinski definition) is 7. The van der Waals surface area contributed by atoms with Crippen molar-refractivity contribution in [1.82, 2.24) is 5.32 Å². The molecule has 0 radical (unpaired) electrons. The van der Waals surface area contributed by atoms with Gasteiger partial charge >= 0.3 is 5.97 Å². The number of benzene rings is 2. The van der Waals surface area contributed by atoms with Gasteiger partial charge in [0.15, 0.2) is 5.78 Å². The molecular weight excluding hydrogens is 376 g/mol. The van der Waals surface area contributed by atoms with Crippen molar-refractivity contribution in [3.63, 3.8) is 0 Å². The predicted octanol–water partition coefficient (Wildman–Crippen LogP) is 2.43. The summed E-state index contributed by atoms with van der Waals surface area (Å²) in [6, 6.07) is 12.3. The molecule has 2 aromatic carbocycles. The average Bonchev–Trinajstić information content (AvgIpc) is 3.11. The number of hydrogen-bond donors (Lipinski definition) is 1. The molecule has 5 rings (SSSR count). The van der Waals surface area contributed by atoms with Crippen LogP contribution in [0.3, 0.4) is 0 Å². The maximum atomic E-state index is 13.4. The minimum absolute atomic E-state index is 0.0283. The summed E-state index contributed by atoms with van der Waals surface area (Å²) < 4.78 is 5.11. The van der Waals surface area contributed by atoms with Crippen LogP contribution in [0, 0.1) is 10.1 Å². The van der Waals surface area contributed by atoms with Gasteiger partial charge in [-0.3, -0.25) is 19.7 Å². The molecule has 0 saturated carbocycles. The zero-order chi connectivity index (χ0) is 20.3. The van der Waals surface area contributed by atoms with E-state index in [9.17, 15) is 24.5 Å². The standard InChI is InChI=1S/C21H12N2O6/c24-19-10-5-1-2-6-11(10)20(25)18-17(19)15(16-13(22-18)9-29-21(16)26)12-7-3-4-8-14(12)23(27)28/h1-8,15,22H,9H2. The zero-order valence-corrected chi connectivity index (χ0v) is 14.8. The van der Waals surface area contributed by atoms with E-state index in [1.54, 1.807) is 24.3 Å². The van der Waals surface area contributed by atoms with Crippen molar-refractivity contribution in [2.45, 2.75) is 5.92 Å². The minimum atomic E-state index is -1.07. The van der Waals surface area contributed by atoms with Crippen molar-refractivity contribution in [1.29, 1.82) is 0 Å². The number of dihydropyridines is 1. The van der Waals surface area contributed by atoms with Gasteiger partial charge in [0.2, 0.25) is 5.78 Å². The largest absolute Gasteiger partial charge is 0.456 e. The highest BCUT2D eigenvalue weighted by molar-refractivity contribution is 6.28. The van der Waals surface area contributed by atoms with E-state index in [-0.39, 0.29) is 45.8 Å². The Bertz CT molecular complexity index is 1220. The first kappa shape index (κ1) is 17.1. The molecule has 8 nitrogen and oxygen atoms in total. The van der Waals surface area contributed by atoms with Crippen LogP contribution in [-0.4, -0.2) is 29.1 Å². The molecule has 0 bridgehead atoms. The van der Waals surface area contributed by atoms with Crippen molar-refractivity contribution in [3.8, 4) is 0 Å². The Kier molecular flexibility index (Phi) is 3.51. The molecule has 2 aliphatic heterocycles. The highest BCUT2D eigenvalue weighted by Crippen LogP contribution is 2.46. The fraction of sp³-hybridized carbons (Fsp3) is 0.0952. The van der Waals surface area contributed by atoms with Crippen LogP contribution in [0.1, 0.15) is 32.2 Å². The molecular formula is C21H12N2O6. The third kappa shape index (κ3) is 2.29. The number of nitro benzene ring substituents is 1. The third-order valence-electron chi connectivity index (χ3n) is 5.35. The number of para-hydroxylation sites is 1. The van der Waals surface area contributed by atoms with Gasteiger partial charge in [0.25, 0.3) is 5.69 Å². The van der Waals surface area contributed by atoms with Crippen LogP contribution < -0.4 is 5.32 Å². The summed E-state index contributed by atoms with van der Waals surface area (Å²) in [6.07, 6.45) is 0. The van der Waals surface area contributed by atoms with Crippen molar-refractivity contribution in [2.24, 2.45) is 0 Å². The Labute approximate surface area is 163 Å². The first-order chi connectivity index (χ1) is 14.0. The SMILES string of the molecule is O=C1OCC2=C1C(c1ccccc1[N+](=O)[O-])C1=C(N2)C(=O)c2ccccc2C1=O. The summed E-state index contributed by atoms with van der Waals surface area (Å²) in [5, 5.41) is 14.5. The number of cyclic esters (lactones) is 1. The number of nitro groups is 1. The number of allylic oxidation sites excluding steroid dienone is 2. The molecule has 2 aromatic rings. The Morgan fingerprint density at radius 3 is 2.31 bits per heavy atom. The van der Waals surface area contributed by atoms with Gasteiger partial charge in [-0.15, -0.1) is 0 Å². The van der Waals surface area contributed by atoms with Crippen LogP contribution in [0.15, 0.2) is 71.1 Å². The van der Waals surface area contributed by atoms with E-state index in [4.69, 9.17) is 4.74 Å². The zero-order valence-electron chi connectivity index (χ0n) is 14.8. The van der Waals surface area contributed by atoms with Crippen LogP contribution in [0.5, 0.6) is 0 Å². The summed E-state index contributed by atoms with van der Waals surface area (Å²) in [6.45, 7) is -0.0921. The summed E-state index contributed by atoms with van der Waals surface area (Å²) in [5.74, 6) is -2.58. The number of Topliss-reactive ketones (excluding diaryl/α,β-unsaturated/α-hetero) is 2. The van der Waals surface area contributed by atoms with Crippen molar-refractivity contribution in [3.05, 3.63) is 97.9 Å². The molecule has 1 atom stereocenters. The van der Waals surface area contributed by atoms with Crippen molar-refractivity contribution >= 4 is 23.2 Å². The Morgan fingerprint density at radius 2 is 1.59 bits per heavy atom. The van der Waals surface area contributed by atoms with E-state index in [0.717, 1.165) is 0 Å². The Balaban J connectivity index is 1.80. The highest BCUT2D eigenvalue weighted by atomic mass is 16.6. The van der Waals surface area contributed by atoms with Gasteiger partial charge in [-0.25, -0.2) is 4.79 Å². The van der Waals surface area contributed by atoms with Gasteiger partial charge in [0.05, 0.1) is 27.8 Å². The first-order valence-electron chi connectivity index (χ1n) is 8.82. The van der Waals surface area contributed by atoms with E-state index < -0.39 is 28.4 Å². The normalized spacial score (nSPS) is 20.0. The van der Waals surface area contributed by atoms with Gasteiger partial charge in [0, 0.05) is 28.3 Å². The second kappa shape index (κ2) is 5.96. The number of rotatable bonds is 2. The minimum Gasteiger partial charge on any atom is -0.456 e. The summed E-state index contributed by atoms with van der Waals surface area (Å²) >= 11 is 0. The monoisotopic (exact) mass is 388 g/mol. The topological polar surface area (TPSA) is 116 Å². The molecule has 0 fully saturated rings. The maximum absolute atomic E-state index is 13.4. The third-order valence-corrected chi connectivity index (χ3v) is 5.35. The lowest BCUT2D eigenvalue weighted by Gasteiger charge is -2.31. The highest BCUT2D eigenvalue weighted by Gasteiger charge is 2.48. The van der Waals surface area contributed by atoms with E-state index in [2.05, 4.69) is 5.32 Å². The van der Waals surface area contributed by atoms with Gasteiger partial charge in [-0.2, -0.15) is 0 Å². The van der Waals surface area contributed by atoms with Gasteiger partial charge in [0.1, 0.15) is 6.61 Å². The number of fused-ring (bicyclic) bond motifs is 1. The van der Waals surface area contributed by atoms with Crippen LogP contribution in [-0.2, 0) is 9.53 Å². The predicted molar refractivity (Wildman–Crippen MR) is 99.1 cm³/mol. The van der Waals surface area contributed by atoms with Crippen molar-refractivity contribution < 1.29 is 24.0 Å². The molecule has 0 spiro atoms. The van der Waals surface area contributed by atoms with Gasteiger partial charge in [-0.05, 0) is 0 Å². The lowest BCUT2D eigenvalue weighted by atomic mass is 9.73. The molecule has 1 aliphatic carbocycles. The average molecular weight is 388 g/mol. The molecule has 1 N–H and O–H groups in total. The van der Waals surface area contributed by atoms with Crippen LogP contribution >= 0.6 is 0 Å². The summed E-state index contributed by atoms with van der Waals surface area (Å²) in [7, 11) is 0. The van der Waals surface area contributed by atoms with Crippen LogP contribution in [0.25, 0.3) is 0 Å². The maximum Gasteiger partial charge on any atom is 0.337 e. The molecule has 8 heteroatoms. The van der Waals surface area contributed by atoms with Gasteiger partial charge in [-0.1, -0.05) is 42.5 Å². The molecule has 2 heterocycles. The van der Waals surface area contributed by atoms with E-state index in [1.807, 2.05) is 0 Å². The van der Waals surface area contributed by atoms with Crippen LogP contribution in [0.2, 0.25) is 0 Å². The second-order valence-corrected chi connectivity index (χ2v) is 6.83. The van der Waals surface area contributed by atoms with E-state index in [1.165, 1.54) is 24.3 Å². The Hall–Kier alpha value is -4.07. The Morgan fingerprint density at radius 1 is 0.931 bits per heavy atom. The number of ketones is 2. The molecule has 0 amide bonds. The number of ether oxygens (including phenoxy) is 1. The number of nitrogens with zero attached hydrogens (tertiary/aromatic N) is 1. The lowest BCUT2D eigenvalue weighted by molar-refractivity contribution is -0.385. The number of esters is 1. The van der Waals surface area contributed by atoms with Gasteiger partial charge < -0.3 is 10.1 Å². The second-order valence-electron chi connectivity index (χ2n) is 6.83. The van der Waals surface area contributed by atoms with E-state index >= 15 is 0 Å². The number of carbonyl (C=O) groups is 3. The molecule has 3 aliphatic rings. The summed E-state index contributed by atoms with van der Waals surface area (Å²) in [4.78, 5) is 50.0.